The van der Waals surface area contributed by atoms with Gasteiger partial charge in [0.05, 0.1) is 6.61 Å². The number of hydrogen-bond acceptors (Lipinski definition) is 2. The molecule has 5 heteroatoms. The first-order valence-electron chi connectivity index (χ1n) is 9.48. The van der Waals surface area contributed by atoms with Crippen LogP contribution < -0.4 is 68.0 Å². The SMILES string of the molecule is C=CC1CCC(C2CCC(COc3ccc([O-])c(F)c3F)CC2)CC1.[Rb+]. The van der Waals surface area contributed by atoms with Crippen molar-refractivity contribution in [1.82, 2.24) is 0 Å². The molecule has 0 N–H and O–H groups in total. The largest absolute Gasteiger partial charge is 1.00 e. The van der Waals surface area contributed by atoms with Crippen LogP contribution in [0.25, 0.3) is 0 Å². The second-order valence-electron chi connectivity index (χ2n) is 7.69. The topological polar surface area (TPSA) is 32.3 Å². The smallest absolute Gasteiger partial charge is 0.870 e. The summed E-state index contributed by atoms with van der Waals surface area (Å²) in [5, 5.41) is 11.0. The molecule has 2 fully saturated rings. The van der Waals surface area contributed by atoms with Crippen LogP contribution in [0.3, 0.4) is 0 Å². The van der Waals surface area contributed by atoms with Crippen molar-refractivity contribution >= 4 is 0 Å². The minimum Gasteiger partial charge on any atom is -0.870 e. The van der Waals surface area contributed by atoms with Crippen LogP contribution in [0.1, 0.15) is 51.4 Å². The molecule has 0 saturated heterocycles. The standard InChI is InChI=1S/C21H28F2O2.Rb/c1-2-14-3-7-16(8-4-14)17-9-5-15(6-10-17)13-25-19-12-11-18(24)20(22)21(19)23;/h2,11-12,14-17,24H,1,3-10,13H2;/q;+1/p-1. The third-order valence-electron chi connectivity index (χ3n) is 6.19. The van der Waals surface area contributed by atoms with Crippen LogP contribution in [-0.2, 0) is 0 Å². The molecule has 0 radical (unpaired) electrons. The molecule has 0 spiro atoms. The molecule has 2 aliphatic carbocycles. The van der Waals surface area contributed by atoms with Gasteiger partial charge >= 0.3 is 58.2 Å². The van der Waals surface area contributed by atoms with Gasteiger partial charge in [0.2, 0.25) is 0 Å². The van der Waals surface area contributed by atoms with E-state index in [0.29, 0.717) is 18.4 Å². The van der Waals surface area contributed by atoms with Crippen molar-refractivity contribution in [2.24, 2.45) is 23.7 Å². The average Bonchev–Trinajstić information content (AvgIpc) is 2.66. The van der Waals surface area contributed by atoms with E-state index in [0.717, 1.165) is 30.7 Å². The van der Waals surface area contributed by atoms with Crippen LogP contribution in [0, 0.1) is 35.3 Å². The van der Waals surface area contributed by atoms with Crippen LogP contribution in [0.2, 0.25) is 0 Å². The number of halogens is 2. The molecule has 0 amide bonds. The third kappa shape index (κ3) is 5.62. The minimum absolute atomic E-state index is 0. The Labute approximate surface area is 204 Å². The second-order valence-corrected chi connectivity index (χ2v) is 7.69. The van der Waals surface area contributed by atoms with Crippen molar-refractivity contribution < 1.29 is 76.8 Å². The third-order valence-corrected chi connectivity index (χ3v) is 6.19. The molecule has 2 aliphatic rings. The fourth-order valence-corrected chi connectivity index (χ4v) is 4.51. The molecule has 0 unspecified atom stereocenters. The summed E-state index contributed by atoms with van der Waals surface area (Å²) < 4.78 is 32.4. The molecule has 1 aromatic rings. The molecule has 0 heterocycles. The van der Waals surface area contributed by atoms with Crippen LogP contribution in [0.5, 0.6) is 11.5 Å². The van der Waals surface area contributed by atoms with Gasteiger partial charge in [0.15, 0.2) is 17.4 Å². The van der Waals surface area contributed by atoms with Gasteiger partial charge in [-0.1, -0.05) is 17.9 Å². The molecule has 0 atom stereocenters. The monoisotopic (exact) mass is 434 g/mol. The van der Waals surface area contributed by atoms with Gasteiger partial charge < -0.3 is 9.84 Å². The van der Waals surface area contributed by atoms with E-state index >= 15 is 0 Å². The fourth-order valence-electron chi connectivity index (χ4n) is 4.51. The summed E-state index contributed by atoms with van der Waals surface area (Å²) in [4.78, 5) is 0. The maximum Gasteiger partial charge on any atom is 1.00 e. The molecular weight excluding hydrogens is 408 g/mol. The number of rotatable bonds is 5. The van der Waals surface area contributed by atoms with Gasteiger partial charge in [-0.25, -0.2) is 4.39 Å². The Balaban J connectivity index is 0.00000243. The molecule has 2 saturated carbocycles. The van der Waals surface area contributed by atoms with E-state index in [1.54, 1.807) is 0 Å². The van der Waals surface area contributed by atoms with E-state index < -0.39 is 17.4 Å². The molecule has 138 valence electrons. The van der Waals surface area contributed by atoms with Gasteiger partial charge in [0, 0.05) is 0 Å². The predicted octanol–water partition coefficient (Wildman–Crippen LogP) is 2.22. The normalized spacial score (nSPS) is 28.8. The Morgan fingerprint density at radius 1 is 0.962 bits per heavy atom. The number of benzene rings is 1. The van der Waals surface area contributed by atoms with E-state index in [1.807, 2.05) is 0 Å². The van der Waals surface area contributed by atoms with E-state index in [9.17, 15) is 13.9 Å². The minimum atomic E-state index is -1.35. The van der Waals surface area contributed by atoms with Crippen molar-refractivity contribution in [3.63, 3.8) is 0 Å². The number of ether oxygens (including phenoxy) is 1. The summed E-state index contributed by atoms with van der Waals surface area (Å²) >= 11 is 0. The molecule has 3 rings (SSSR count). The Morgan fingerprint density at radius 2 is 1.54 bits per heavy atom. The van der Waals surface area contributed by atoms with Gasteiger partial charge in [0.1, 0.15) is 0 Å². The van der Waals surface area contributed by atoms with E-state index in [-0.39, 0.29) is 63.9 Å². The predicted molar refractivity (Wildman–Crippen MR) is 92.4 cm³/mol. The van der Waals surface area contributed by atoms with Gasteiger partial charge in [-0.15, -0.1) is 6.58 Å². The summed E-state index contributed by atoms with van der Waals surface area (Å²) in [5.74, 6) is -0.868. The summed E-state index contributed by atoms with van der Waals surface area (Å²) in [7, 11) is 0. The summed E-state index contributed by atoms with van der Waals surface area (Å²) in [6.07, 6.45) is 11.8. The summed E-state index contributed by atoms with van der Waals surface area (Å²) in [6, 6.07) is 2.24. The Kier molecular flexibility index (Phi) is 9.25. The molecular formula is C21H27F2O2Rb. The molecule has 26 heavy (non-hydrogen) atoms. The van der Waals surface area contributed by atoms with Gasteiger partial charge in [-0.2, -0.15) is 4.39 Å². The quantitative estimate of drug-likeness (QED) is 0.666. The Morgan fingerprint density at radius 3 is 2.12 bits per heavy atom. The van der Waals surface area contributed by atoms with Crippen molar-refractivity contribution in [3.8, 4) is 11.5 Å². The number of allylic oxidation sites excluding steroid dienone is 1. The maximum absolute atomic E-state index is 13.7. The zero-order chi connectivity index (χ0) is 17.8. The first-order valence-corrected chi connectivity index (χ1v) is 9.48. The molecule has 0 aliphatic heterocycles. The summed E-state index contributed by atoms with van der Waals surface area (Å²) in [5.41, 5.74) is 0. The van der Waals surface area contributed by atoms with Crippen molar-refractivity contribution in [2.75, 3.05) is 6.61 Å². The first kappa shape index (κ1) is 22.5. The van der Waals surface area contributed by atoms with Crippen molar-refractivity contribution in [3.05, 3.63) is 36.4 Å². The molecule has 0 bridgehead atoms. The zero-order valence-electron chi connectivity index (χ0n) is 15.7. The fraction of sp³-hybridized carbons (Fsp3) is 0.619. The molecule has 0 aromatic heterocycles. The first-order chi connectivity index (χ1) is 12.1. The van der Waals surface area contributed by atoms with Gasteiger partial charge in [-0.3, -0.25) is 0 Å². The maximum atomic E-state index is 13.7. The van der Waals surface area contributed by atoms with E-state index in [4.69, 9.17) is 4.74 Å². The van der Waals surface area contributed by atoms with Gasteiger partial charge in [-0.05, 0) is 81.1 Å². The van der Waals surface area contributed by atoms with Crippen LogP contribution in [0.4, 0.5) is 8.78 Å². The Hall–Kier alpha value is 0.225. The Bertz CT molecular complexity index is 592. The second kappa shape index (κ2) is 10.7. The van der Waals surface area contributed by atoms with E-state index in [2.05, 4.69) is 12.7 Å². The zero-order valence-corrected chi connectivity index (χ0v) is 20.6. The van der Waals surface area contributed by atoms with Crippen LogP contribution in [0.15, 0.2) is 24.8 Å². The summed E-state index contributed by atoms with van der Waals surface area (Å²) in [6.45, 7) is 4.31. The van der Waals surface area contributed by atoms with Gasteiger partial charge in [0.25, 0.3) is 0 Å². The van der Waals surface area contributed by atoms with Crippen LogP contribution in [-0.4, -0.2) is 6.61 Å². The number of hydrogen-bond donors (Lipinski definition) is 0. The van der Waals surface area contributed by atoms with Crippen molar-refractivity contribution in [1.29, 1.82) is 0 Å². The van der Waals surface area contributed by atoms with Crippen LogP contribution >= 0.6 is 0 Å². The van der Waals surface area contributed by atoms with E-state index in [1.165, 1.54) is 44.6 Å². The van der Waals surface area contributed by atoms with Crippen molar-refractivity contribution in [2.45, 2.75) is 51.4 Å². The molecule has 2 nitrogen and oxygen atoms in total. The molecule has 1 aromatic carbocycles. The average molecular weight is 435 g/mol.